The summed E-state index contributed by atoms with van der Waals surface area (Å²) < 4.78 is 0.564. The first-order chi connectivity index (χ1) is 7.15. The van der Waals surface area contributed by atoms with E-state index in [2.05, 4.69) is 33.1 Å². The Hall–Kier alpha value is -1.31. The molecule has 3 nitrogen and oxygen atoms in total. The van der Waals surface area contributed by atoms with E-state index in [0.717, 1.165) is 0 Å². The van der Waals surface area contributed by atoms with Crippen LogP contribution in [0.5, 0.6) is 0 Å². The maximum Gasteiger partial charge on any atom is 0.336 e. The van der Waals surface area contributed by atoms with E-state index in [1.807, 2.05) is 0 Å². The Morgan fingerprint density at radius 2 is 2.33 bits per heavy atom. The molecule has 0 heterocycles. The number of rotatable bonds is 2. The quantitative estimate of drug-likeness (QED) is 0.803. The summed E-state index contributed by atoms with van der Waals surface area (Å²) >= 11 is 3.17. The maximum absolute atomic E-state index is 10.8. The van der Waals surface area contributed by atoms with Gasteiger partial charge in [-0.05, 0) is 41.2 Å². The second kappa shape index (κ2) is 5.54. The van der Waals surface area contributed by atoms with Crippen molar-refractivity contribution >= 4 is 21.9 Å². The van der Waals surface area contributed by atoms with E-state index in [1.165, 1.54) is 0 Å². The van der Waals surface area contributed by atoms with Crippen LogP contribution in [0.15, 0.2) is 22.7 Å². The van der Waals surface area contributed by atoms with E-state index in [4.69, 9.17) is 5.11 Å². The minimum Gasteiger partial charge on any atom is -0.478 e. The molecule has 15 heavy (non-hydrogen) atoms. The Labute approximate surface area is 96.6 Å². The molecule has 0 saturated carbocycles. The predicted octanol–water partition coefficient (Wildman–Crippen LogP) is 1.72. The molecule has 4 heteroatoms. The minimum atomic E-state index is -0.959. The third kappa shape index (κ3) is 3.39. The maximum atomic E-state index is 10.8. The van der Waals surface area contributed by atoms with E-state index in [1.54, 1.807) is 25.2 Å². The van der Waals surface area contributed by atoms with E-state index < -0.39 is 5.97 Å². The van der Waals surface area contributed by atoms with Crippen LogP contribution in [-0.2, 0) is 0 Å². The standard InChI is InChI=1S/C11H10BrNO2/c1-13-6-2-3-8-4-5-10(12)9(7-8)11(14)15/h4-5,7,13H,6H2,1H3,(H,14,15). The lowest BCUT2D eigenvalue weighted by atomic mass is 10.1. The molecule has 0 atom stereocenters. The molecule has 0 fully saturated rings. The number of carboxylic acid groups (broad SMARTS) is 1. The molecular formula is C11H10BrNO2. The van der Waals surface area contributed by atoms with Gasteiger partial charge >= 0.3 is 5.97 Å². The summed E-state index contributed by atoms with van der Waals surface area (Å²) in [5, 5.41) is 11.8. The molecule has 0 saturated heterocycles. The number of carboxylic acids is 1. The largest absolute Gasteiger partial charge is 0.478 e. The van der Waals surface area contributed by atoms with Gasteiger partial charge in [0.1, 0.15) is 0 Å². The van der Waals surface area contributed by atoms with Gasteiger partial charge in [0, 0.05) is 10.0 Å². The SMILES string of the molecule is CNCC#Cc1ccc(Br)c(C(=O)O)c1. The highest BCUT2D eigenvalue weighted by molar-refractivity contribution is 9.10. The number of hydrogen-bond acceptors (Lipinski definition) is 2. The monoisotopic (exact) mass is 267 g/mol. The molecule has 1 aromatic carbocycles. The lowest BCUT2D eigenvalue weighted by molar-refractivity contribution is 0.0696. The van der Waals surface area contributed by atoms with Gasteiger partial charge in [0.05, 0.1) is 12.1 Å². The third-order valence-electron chi connectivity index (χ3n) is 1.69. The number of hydrogen-bond donors (Lipinski definition) is 2. The van der Waals surface area contributed by atoms with Crippen molar-refractivity contribution in [2.75, 3.05) is 13.6 Å². The van der Waals surface area contributed by atoms with Gasteiger partial charge < -0.3 is 10.4 Å². The minimum absolute atomic E-state index is 0.228. The summed E-state index contributed by atoms with van der Waals surface area (Å²) in [6, 6.07) is 5.01. The normalized spacial score (nSPS) is 9.20. The van der Waals surface area contributed by atoms with E-state index in [-0.39, 0.29) is 5.56 Å². The van der Waals surface area contributed by atoms with Crippen LogP contribution in [-0.4, -0.2) is 24.7 Å². The Morgan fingerprint density at radius 1 is 1.60 bits per heavy atom. The number of nitrogens with one attached hydrogen (secondary N) is 1. The lowest BCUT2D eigenvalue weighted by Gasteiger charge is -1.98. The van der Waals surface area contributed by atoms with Crippen molar-refractivity contribution in [2.24, 2.45) is 0 Å². The average molecular weight is 268 g/mol. The van der Waals surface area contributed by atoms with Crippen LogP contribution in [0.25, 0.3) is 0 Å². The van der Waals surface area contributed by atoms with Gasteiger partial charge in [-0.15, -0.1) is 0 Å². The second-order valence-electron chi connectivity index (χ2n) is 2.83. The van der Waals surface area contributed by atoms with Crippen molar-refractivity contribution in [3.8, 4) is 11.8 Å². The zero-order chi connectivity index (χ0) is 11.3. The summed E-state index contributed by atoms with van der Waals surface area (Å²) in [6.07, 6.45) is 0. The van der Waals surface area contributed by atoms with Crippen molar-refractivity contribution < 1.29 is 9.90 Å². The fourth-order valence-electron chi connectivity index (χ4n) is 1.00. The molecule has 1 rings (SSSR count). The summed E-state index contributed by atoms with van der Waals surface area (Å²) in [7, 11) is 1.80. The molecule has 0 aliphatic heterocycles. The topological polar surface area (TPSA) is 49.3 Å². The molecule has 2 N–H and O–H groups in total. The summed E-state index contributed by atoms with van der Waals surface area (Å²) in [6.45, 7) is 0.582. The fraction of sp³-hybridized carbons (Fsp3) is 0.182. The van der Waals surface area contributed by atoms with Crippen LogP contribution in [0.1, 0.15) is 15.9 Å². The zero-order valence-electron chi connectivity index (χ0n) is 8.17. The second-order valence-corrected chi connectivity index (χ2v) is 3.69. The van der Waals surface area contributed by atoms with E-state index >= 15 is 0 Å². The Morgan fingerprint density at radius 3 is 2.93 bits per heavy atom. The van der Waals surface area contributed by atoms with Crippen LogP contribution in [0.4, 0.5) is 0 Å². The molecule has 0 aromatic heterocycles. The van der Waals surface area contributed by atoms with Crippen molar-refractivity contribution in [3.05, 3.63) is 33.8 Å². The van der Waals surface area contributed by atoms with Crippen LogP contribution in [0, 0.1) is 11.8 Å². The summed E-state index contributed by atoms with van der Waals surface area (Å²) in [5.74, 6) is 4.78. The molecule has 0 aliphatic carbocycles. The summed E-state index contributed by atoms with van der Waals surface area (Å²) in [4.78, 5) is 10.8. The molecule has 0 aliphatic rings. The first-order valence-electron chi connectivity index (χ1n) is 4.31. The van der Waals surface area contributed by atoms with Crippen molar-refractivity contribution in [3.63, 3.8) is 0 Å². The highest BCUT2D eigenvalue weighted by Crippen LogP contribution is 2.17. The van der Waals surface area contributed by atoms with Crippen LogP contribution in [0.3, 0.4) is 0 Å². The molecule has 0 bridgehead atoms. The number of carbonyl (C=O) groups is 1. The molecule has 0 spiro atoms. The Balaban J connectivity index is 2.99. The van der Waals surface area contributed by atoms with Gasteiger partial charge in [0.15, 0.2) is 0 Å². The number of halogens is 1. The first kappa shape index (κ1) is 11.8. The number of benzene rings is 1. The van der Waals surface area contributed by atoms with Crippen molar-refractivity contribution in [1.82, 2.24) is 5.32 Å². The lowest BCUT2D eigenvalue weighted by Crippen LogP contribution is -2.04. The highest BCUT2D eigenvalue weighted by atomic mass is 79.9. The van der Waals surface area contributed by atoms with Crippen LogP contribution in [0.2, 0.25) is 0 Å². The Bertz CT molecular complexity index is 432. The zero-order valence-corrected chi connectivity index (χ0v) is 9.76. The van der Waals surface area contributed by atoms with Crippen LogP contribution >= 0.6 is 15.9 Å². The molecule has 1 aromatic rings. The van der Waals surface area contributed by atoms with E-state index in [9.17, 15) is 4.79 Å². The fourth-order valence-corrected chi connectivity index (χ4v) is 1.42. The number of aromatic carboxylic acids is 1. The van der Waals surface area contributed by atoms with Gasteiger partial charge in [0.2, 0.25) is 0 Å². The molecular weight excluding hydrogens is 258 g/mol. The van der Waals surface area contributed by atoms with E-state index in [0.29, 0.717) is 16.6 Å². The molecule has 0 radical (unpaired) electrons. The van der Waals surface area contributed by atoms with Gasteiger partial charge in [-0.3, -0.25) is 0 Å². The Kier molecular flexibility index (Phi) is 4.35. The van der Waals surface area contributed by atoms with Gasteiger partial charge in [-0.25, -0.2) is 4.79 Å². The summed E-state index contributed by atoms with van der Waals surface area (Å²) in [5.41, 5.74) is 0.928. The van der Waals surface area contributed by atoms with Gasteiger partial charge in [-0.2, -0.15) is 0 Å². The van der Waals surface area contributed by atoms with Gasteiger partial charge in [-0.1, -0.05) is 11.8 Å². The molecule has 0 unspecified atom stereocenters. The van der Waals surface area contributed by atoms with Crippen molar-refractivity contribution in [1.29, 1.82) is 0 Å². The predicted molar refractivity (Wildman–Crippen MR) is 61.9 cm³/mol. The van der Waals surface area contributed by atoms with Gasteiger partial charge in [0.25, 0.3) is 0 Å². The molecule has 78 valence electrons. The average Bonchev–Trinajstić information content (AvgIpc) is 2.20. The van der Waals surface area contributed by atoms with Crippen LogP contribution < -0.4 is 5.32 Å². The first-order valence-corrected chi connectivity index (χ1v) is 5.10. The highest BCUT2D eigenvalue weighted by Gasteiger charge is 2.07. The molecule has 0 amide bonds. The smallest absolute Gasteiger partial charge is 0.336 e. The third-order valence-corrected chi connectivity index (χ3v) is 2.39. The van der Waals surface area contributed by atoms with Crippen molar-refractivity contribution in [2.45, 2.75) is 0 Å².